The molecule has 0 bridgehead atoms. The molecule has 2 atom stereocenters. The molecule has 2 aromatic heterocycles. The fourth-order valence-electron chi connectivity index (χ4n) is 3.89. The van der Waals surface area contributed by atoms with E-state index in [2.05, 4.69) is 38.9 Å². The minimum atomic E-state index is -1.21. The first-order valence-corrected chi connectivity index (χ1v) is 13.7. The van der Waals surface area contributed by atoms with E-state index in [1.54, 1.807) is 22.9 Å². The first-order valence-electron chi connectivity index (χ1n) is 10.9. The van der Waals surface area contributed by atoms with Gasteiger partial charge >= 0.3 is 5.97 Å². The lowest BCUT2D eigenvalue weighted by molar-refractivity contribution is -0.898. The predicted molar refractivity (Wildman–Crippen MR) is 139 cm³/mol. The number of carboxylic acid groups (broad SMARTS) is 1. The number of rotatable bonds is 10. The Kier molecular flexibility index (Phi) is 7.91. The second-order valence-electron chi connectivity index (χ2n) is 8.78. The molecule has 1 saturated heterocycles. The predicted octanol–water partition coefficient (Wildman–Crippen LogP) is 0.499. The van der Waals surface area contributed by atoms with Gasteiger partial charge in [0.1, 0.15) is 36.5 Å². The molecular weight excluding hydrogens is 540 g/mol. The van der Waals surface area contributed by atoms with E-state index in [1.807, 2.05) is 11.5 Å². The molecule has 0 saturated carbocycles. The number of nitrogen functional groups attached to an aromatic ring is 1. The quantitative estimate of drug-likeness (QED) is 0.159. The fourth-order valence-corrected chi connectivity index (χ4v) is 6.19. The van der Waals surface area contributed by atoms with E-state index >= 15 is 0 Å². The summed E-state index contributed by atoms with van der Waals surface area (Å²) >= 11 is 3.79. The molecule has 37 heavy (non-hydrogen) atoms. The zero-order valence-electron chi connectivity index (χ0n) is 20.2. The van der Waals surface area contributed by atoms with Crippen LogP contribution in [-0.4, -0.2) is 97.2 Å². The Bertz CT molecular complexity index is 1290. The minimum Gasteiger partial charge on any atom is -0.477 e. The van der Waals surface area contributed by atoms with Gasteiger partial charge in [-0.05, 0) is 11.6 Å². The van der Waals surface area contributed by atoms with Crippen LogP contribution in [0, 0.1) is 0 Å². The Morgan fingerprint density at radius 3 is 2.84 bits per heavy atom. The van der Waals surface area contributed by atoms with E-state index in [4.69, 9.17) is 10.6 Å². The van der Waals surface area contributed by atoms with Gasteiger partial charge < -0.3 is 25.5 Å². The summed E-state index contributed by atoms with van der Waals surface area (Å²) in [5, 5.41) is 17.7. The van der Waals surface area contributed by atoms with Crippen molar-refractivity contribution in [1.82, 2.24) is 24.6 Å². The summed E-state index contributed by atoms with van der Waals surface area (Å²) in [6, 6.07) is -0.941. The number of fused-ring (bicyclic) bond motifs is 1. The number of thiazole rings is 1. The normalized spacial score (nSPS) is 20.1. The molecule has 0 spiro atoms. The van der Waals surface area contributed by atoms with Gasteiger partial charge in [-0.1, -0.05) is 11.2 Å². The summed E-state index contributed by atoms with van der Waals surface area (Å²) in [6.45, 7) is 1.38. The molecule has 4 heterocycles. The van der Waals surface area contributed by atoms with Crippen LogP contribution in [0.2, 0.25) is 0 Å². The number of oxime groups is 1. The summed E-state index contributed by atoms with van der Waals surface area (Å²) in [6.07, 6.45) is 3.67. The fraction of sp³-hybridized carbons (Fsp3) is 0.381. The third-order valence-electron chi connectivity index (χ3n) is 5.53. The van der Waals surface area contributed by atoms with E-state index in [1.165, 1.54) is 23.8 Å². The molecule has 2 aliphatic heterocycles. The lowest BCUT2D eigenvalue weighted by Gasteiger charge is -2.49. The number of nitrogens with zero attached hydrogens (tertiary/aromatic N) is 6. The van der Waals surface area contributed by atoms with Crippen molar-refractivity contribution >= 4 is 63.3 Å². The zero-order chi connectivity index (χ0) is 26.7. The summed E-state index contributed by atoms with van der Waals surface area (Å²) in [5.74, 6) is -2.14. The number of aliphatic carboxylic acids is 1. The van der Waals surface area contributed by atoms with Gasteiger partial charge in [0.2, 0.25) is 11.5 Å². The van der Waals surface area contributed by atoms with Crippen LogP contribution in [0.5, 0.6) is 0 Å². The van der Waals surface area contributed by atoms with Crippen molar-refractivity contribution in [3.8, 4) is 0 Å². The van der Waals surface area contributed by atoms with E-state index in [0.717, 1.165) is 23.8 Å². The van der Waals surface area contributed by atoms with Gasteiger partial charge in [-0.15, -0.1) is 23.1 Å². The smallest absolute Gasteiger partial charge is 0.352 e. The number of hydrogen-bond donors (Lipinski definition) is 3. The second kappa shape index (κ2) is 11.0. The minimum absolute atomic E-state index is 0.0311. The summed E-state index contributed by atoms with van der Waals surface area (Å²) in [4.78, 5) is 52.1. The van der Waals surface area contributed by atoms with Crippen molar-refractivity contribution < 1.29 is 28.8 Å². The number of carbonyl (C=O) groups excluding carboxylic acids is 2. The van der Waals surface area contributed by atoms with Crippen LogP contribution < -0.4 is 11.1 Å². The number of anilines is 1. The molecule has 4 N–H and O–H groups in total. The molecule has 2 amide bonds. The molecule has 0 aromatic carbocycles. The molecule has 16 heteroatoms. The topological polar surface area (TPSA) is 173 Å². The number of likely N-dealkylation sites (N-methyl/N-ethyl adjacent to an activating group) is 1. The standard InChI is InChI=1S/C21H24N8O5S3/c1-29(2,7-12-9-35-10-23-12)6-4-5-11-8-36-19-14(18(31)28(19)15(11)20(32)33)24-17(30)13(26-34-3)16-25-21(22)37-27-16/h4-5,9-10,14,19H,6-8H2,1-3H3,(H3-,22,24,25,27,30,32,33)/p+1/t14-,19+/m1/s1. The van der Waals surface area contributed by atoms with Gasteiger partial charge in [0.05, 0.1) is 26.2 Å². The van der Waals surface area contributed by atoms with Crippen molar-refractivity contribution in [1.29, 1.82) is 0 Å². The van der Waals surface area contributed by atoms with E-state index in [0.29, 0.717) is 22.4 Å². The van der Waals surface area contributed by atoms with Gasteiger partial charge in [-0.25, -0.2) is 9.78 Å². The van der Waals surface area contributed by atoms with Gasteiger partial charge in [-0.2, -0.15) is 9.36 Å². The van der Waals surface area contributed by atoms with Crippen LogP contribution in [-0.2, 0) is 25.8 Å². The average molecular weight is 566 g/mol. The average Bonchev–Trinajstić information content (AvgIpc) is 3.51. The molecule has 0 aliphatic carbocycles. The van der Waals surface area contributed by atoms with Gasteiger partial charge in [0, 0.05) is 22.7 Å². The molecule has 0 unspecified atom stereocenters. The maximum Gasteiger partial charge on any atom is 0.352 e. The molecule has 4 rings (SSSR count). The van der Waals surface area contributed by atoms with Crippen molar-refractivity contribution in [3.63, 3.8) is 0 Å². The number of hydrogen-bond acceptors (Lipinski definition) is 12. The van der Waals surface area contributed by atoms with Crippen molar-refractivity contribution in [2.75, 3.05) is 39.2 Å². The molecule has 2 aromatic rings. The molecule has 1 fully saturated rings. The van der Waals surface area contributed by atoms with Crippen LogP contribution in [0.3, 0.4) is 0 Å². The van der Waals surface area contributed by atoms with Gasteiger partial charge in [0.15, 0.2) is 5.13 Å². The van der Waals surface area contributed by atoms with Crippen LogP contribution in [0.25, 0.3) is 0 Å². The van der Waals surface area contributed by atoms with Crippen LogP contribution in [0.1, 0.15) is 11.5 Å². The Balaban J connectivity index is 1.46. The van der Waals surface area contributed by atoms with E-state index in [-0.39, 0.29) is 22.4 Å². The van der Waals surface area contributed by atoms with Gasteiger partial charge in [0.25, 0.3) is 11.8 Å². The van der Waals surface area contributed by atoms with E-state index in [9.17, 15) is 19.5 Å². The molecule has 196 valence electrons. The molecule has 2 aliphatic rings. The highest BCUT2D eigenvalue weighted by Crippen LogP contribution is 2.40. The number of nitrogens with two attached hydrogens (primary N) is 1. The van der Waals surface area contributed by atoms with Crippen LogP contribution >= 0.6 is 34.6 Å². The summed E-state index contributed by atoms with van der Waals surface area (Å²) < 4.78 is 4.59. The maximum atomic E-state index is 13.0. The Morgan fingerprint density at radius 1 is 1.43 bits per heavy atom. The Labute approximate surface area is 224 Å². The lowest BCUT2D eigenvalue weighted by atomic mass is 10.0. The Morgan fingerprint density at radius 2 is 2.22 bits per heavy atom. The highest BCUT2D eigenvalue weighted by Gasteiger charge is 2.54. The van der Waals surface area contributed by atoms with Crippen LogP contribution in [0.4, 0.5) is 5.13 Å². The number of aromatic nitrogens is 3. The highest BCUT2D eigenvalue weighted by molar-refractivity contribution is 8.00. The zero-order valence-corrected chi connectivity index (χ0v) is 22.6. The number of quaternary nitrogens is 1. The van der Waals surface area contributed by atoms with Crippen LogP contribution in [0.15, 0.2) is 39.5 Å². The third kappa shape index (κ3) is 5.82. The van der Waals surface area contributed by atoms with Gasteiger partial charge in [-0.3, -0.25) is 14.5 Å². The van der Waals surface area contributed by atoms with Crippen molar-refractivity contribution in [2.24, 2.45) is 5.16 Å². The lowest BCUT2D eigenvalue weighted by Crippen LogP contribution is -2.71. The maximum absolute atomic E-state index is 13.0. The molecule has 0 radical (unpaired) electrons. The highest BCUT2D eigenvalue weighted by atomic mass is 32.2. The second-order valence-corrected chi connectivity index (χ2v) is 11.4. The number of β-lactam (4-membered cyclic amide) rings is 1. The monoisotopic (exact) mass is 565 g/mol. The van der Waals surface area contributed by atoms with Crippen molar-refractivity contribution in [2.45, 2.75) is 18.0 Å². The first kappa shape index (κ1) is 26.7. The first-order chi connectivity index (χ1) is 17.6. The van der Waals surface area contributed by atoms with E-state index < -0.39 is 29.2 Å². The number of carbonyl (C=O) groups is 3. The largest absolute Gasteiger partial charge is 0.477 e. The number of nitrogens with one attached hydrogen (secondary N) is 1. The summed E-state index contributed by atoms with van der Waals surface area (Å²) in [7, 11) is 5.38. The summed E-state index contributed by atoms with van der Waals surface area (Å²) in [5.41, 5.74) is 8.59. The SMILES string of the molecule is CON=C(C(=O)N[C@@H]1C(=O)N2C(C(=O)O)=C(C=CC[N+](C)(C)Cc3cscn3)CS[C@@H]12)c1nsc(N)n1. The molecular formula is C21H25N8O5S3+. The van der Waals surface area contributed by atoms with Crippen molar-refractivity contribution in [3.05, 3.63) is 45.8 Å². The number of carboxylic acids is 1. The number of thioether (sulfide) groups is 1. The number of allylic oxidation sites excluding steroid dienone is 1. The molecule has 13 nitrogen and oxygen atoms in total. The Hall–Kier alpha value is -3.34. The number of amides is 2. The third-order valence-corrected chi connectivity index (χ3v) is 8.01.